The average Bonchev–Trinajstić information content (AvgIpc) is 2.88. The molecule has 2 heterocycles. The largest absolute Gasteiger partial charge is 0.478 e. The van der Waals surface area contributed by atoms with Gasteiger partial charge in [-0.05, 0) is 60.4 Å². The van der Waals surface area contributed by atoms with Crippen LogP contribution in [0.5, 0.6) is 0 Å². The molecule has 4 aromatic rings. The molecule has 0 unspecified atom stereocenters. The zero-order valence-corrected chi connectivity index (χ0v) is 22.0. The molecule has 0 spiro atoms. The first-order valence-electron chi connectivity index (χ1n) is 11.2. The monoisotopic (exact) mass is 575 g/mol. The standard InChI is InChI=1S/C14H9ClF2N2.C14H10ClF2NO2/c1-8-11(6-18)3-9(7-19-8)2-10-4-12(15)14(17)5-13(10)16;1-7-10(14(19)20)3-8(6-18-7)2-9-4-11(15)13(17)5-12(9)16/h3-5,7H,2H2,1H3;3-6H,2H2,1H3,(H,19,20). The molecule has 0 aliphatic carbocycles. The third-order valence-corrected chi connectivity index (χ3v) is 6.19. The second-order valence-electron chi connectivity index (χ2n) is 8.44. The van der Waals surface area contributed by atoms with Crippen molar-refractivity contribution in [1.29, 1.82) is 5.26 Å². The summed E-state index contributed by atoms with van der Waals surface area (Å²) in [4.78, 5) is 19.0. The molecule has 1 N–H and O–H groups in total. The van der Waals surface area contributed by atoms with Crippen molar-refractivity contribution in [3.8, 4) is 6.07 Å². The van der Waals surface area contributed by atoms with E-state index in [0.717, 1.165) is 6.07 Å². The van der Waals surface area contributed by atoms with Crippen LogP contribution in [0.4, 0.5) is 17.6 Å². The molecule has 0 saturated heterocycles. The molecule has 5 nitrogen and oxygen atoms in total. The maximum Gasteiger partial charge on any atom is 0.337 e. The van der Waals surface area contributed by atoms with Crippen molar-refractivity contribution < 1.29 is 27.5 Å². The normalized spacial score (nSPS) is 10.4. The molecule has 0 aliphatic heterocycles. The fraction of sp³-hybridized carbons (Fsp3) is 0.143. The molecule has 0 bridgehead atoms. The fourth-order valence-electron chi connectivity index (χ4n) is 3.51. The van der Waals surface area contributed by atoms with Crippen molar-refractivity contribution in [3.63, 3.8) is 0 Å². The van der Waals surface area contributed by atoms with Gasteiger partial charge >= 0.3 is 5.97 Å². The van der Waals surface area contributed by atoms with E-state index in [1.165, 1.54) is 24.4 Å². The molecule has 2 aromatic carbocycles. The maximum atomic E-state index is 13.6. The number of halogens is 6. The summed E-state index contributed by atoms with van der Waals surface area (Å²) in [5.74, 6) is -4.12. The van der Waals surface area contributed by atoms with Gasteiger partial charge in [0, 0.05) is 37.4 Å². The van der Waals surface area contributed by atoms with Crippen molar-refractivity contribution in [3.05, 3.63) is 127 Å². The fourth-order valence-corrected chi connectivity index (χ4v) is 3.89. The molecular weight excluding hydrogens is 557 g/mol. The van der Waals surface area contributed by atoms with E-state index in [1.807, 2.05) is 6.07 Å². The highest BCUT2D eigenvalue weighted by Crippen LogP contribution is 2.23. The van der Waals surface area contributed by atoms with Crippen molar-refractivity contribution in [2.45, 2.75) is 26.7 Å². The van der Waals surface area contributed by atoms with E-state index >= 15 is 0 Å². The van der Waals surface area contributed by atoms with E-state index < -0.39 is 29.2 Å². The third-order valence-electron chi connectivity index (χ3n) is 5.61. The number of carboxylic acids is 1. The van der Waals surface area contributed by atoms with E-state index in [0.29, 0.717) is 34.1 Å². The van der Waals surface area contributed by atoms with Gasteiger partial charge in [0.1, 0.15) is 29.3 Å². The number of rotatable bonds is 5. The number of hydrogen-bond donors (Lipinski definition) is 1. The predicted molar refractivity (Wildman–Crippen MR) is 138 cm³/mol. The van der Waals surface area contributed by atoms with E-state index in [1.54, 1.807) is 26.1 Å². The van der Waals surface area contributed by atoms with Crippen LogP contribution in [0.1, 0.15) is 49.6 Å². The molecule has 0 saturated carbocycles. The Bertz CT molecular complexity index is 1610. The third kappa shape index (κ3) is 7.53. The zero-order valence-electron chi connectivity index (χ0n) is 20.5. The minimum Gasteiger partial charge on any atom is -0.478 e. The van der Waals surface area contributed by atoms with Gasteiger partial charge < -0.3 is 5.11 Å². The smallest absolute Gasteiger partial charge is 0.337 e. The number of aryl methyl sites for hydroxylation is 2. The first-order valence-corrected chi connectivity index (χ1v) is 12.0. The molecule has 2 aromatic heterocycles. The van der Waals surface area contributed by atoms with Gasteiger partial charge in [0.15, 0.2) is 0 Å². The summed E-state index contributed by atoms with van der Waals surface area (Å²) < 4.78 is 53.3. The Kier molecular flexibility index (Phi) is 9.62. The number of nitriles is 1. The molecule has 0 aliphatic rings. The average molecular weight is 576 g/mol. The molecule has 39 heavy (non-hydrogen) atoms. The quantitative estimate of drug-likeness (QED) is 0.198. The van der Waals surface area contributed by atoms with E-state index in [9.17, 15) is 22.4 Å². The van der Waals surface area contributed by atoms with Gasteiger partial charge in [0.05, 0.1) is 32.6 Å². The number of aromatic nitrogens is 2. The van der Waals surface area contributed by atoms with Gasteiger partial charge in [-0.1, -0.05) is 23.2 Å². The van der Waals surface area contributed by atoms with Gasteiger partial charge in [-0.25, -0.2) is 22.4 Å². The molecule has 0 radical (unpaired) electrons. The lowest BCUT2D eigenvalue weighted by molar-refractivity contribution is 0.0695. The van der Waals surface area contributed by atoms with Crippen LogP contribution in [0.2, 0.25) is 10.0 Å². The first-order chi connectivity index (χ1) is 18.4. The number of benzene rings is 2. The van der Waals surface area contributed by atoms with Crippen LogP contribution >= 0.6 is 23.2 Å². The summed E-state index contributed by atoms with van der Waals surface area (Å²) in [6, 6.07) is 8.97. The molecule has 4 rings (SSSR count). The van der Waals surface area contributed by atoms with Gasteiger partial charge in [0.2, 0.25) is 0 Å². The number of nitrogens with zero attached hydrogens (tertiary/aromatic N) is 3. The van der Waals surface area contributed by atoms with Crippen molar-refractivity contribution >= 4 is 29.2 Å². The Morgan fingerprint density at radius 3 is 1.72 bits per heavy atom. The van der Waals surface area contributed by atoms with Crippen molar-refractivity contribution in [2.24, 2.45) is 0 Å². The summed E-state index contributed by atoms with van der Waals surface area (Å²) >= 11 is 11.2. The lowest BCUT2D eigenvalue weighted by Crippen LogP contribution is -2.04. The summed E-state index contributed by atoms with van der Waals surface area (Å²) in [6.45, 7) is 3.29. The summed E-state index contributed by atoms with van der Waals surface area (Å²) in [5, 5.41) is 17.6. The SMILES string of the molecule is Cc1ncc(Cc2cc(Cl)c(F)cc2F)cc1C#N.Cc1ncc(Cc2cc(Cl)c(F)cc2F)cc1C(=O)O. The first kappa shape index (κ1) is 29.6. The second-order valence-corrected chi connectivity index (χ2v) is 9.25. The van der Waals surface area contributed by atoms with E-state index in [-0.39, 0.29) is 39.6 Å². The summed E-state index contributed by atoms with van der Waals surface area (Å²) in [6.07, 6.45) is 3.30. The minimum atomic E-state index is -1.10. The molecule has 0 amide bonds. The van der Waals surface area contributed by atoms with Gasteiger partial charge in [-0.3, -0.25) is 9.97 Å². The lowest BCUT2D eigenvalue weighted by atomic mass is 10.0. The molecule has 11 heteroatoms. The summed E-state index contributed by atoms with van der Waals surface area (Å²) in [5.41, 5.74) is 3.10. The summed E-state index contributed by atoms with van der Waals surface area (Å²) in [7, 11) is 0. The van der Waals surface area contributed by atoms with Gasteiger partial charge in [-0.2, -0.15) is 5.26 Å². The van der Waals surface area contributed by atoms with E-state index in [2.05, 4.69) is 9.97 Å². The van der Waals surface area contributed by atoms with Crippen molar-refractivity contribution in [1.82, 2.24) is 9.97 Å². The molecular formula is C28H19Cl2F4N3O2. The predicted octanol–water partition coefficient (Wildman–Crippen LogP) is 7.39. The second kappa shape index (κ2) is 12.7. The van der Waals surface area contributed by atoms with E-state index in [4.69, 9.17) is 33.6 Å². The van der Waals surface area contributed by atoms with Crippen LogP contribution in [0.25, 0.3) is 0 Å². The number of carboxylic acid groups (broad SMARTS) is 1. The number of hydrogen-bond acceptors (Lipinski definition) is 4. The molecule has 200 valence electrons. The Morgan fingerprint density at radius 2 is 1.26 bits per heavy atom. The Balaban J connectivity index is 0.000000216. The van der Waals surface area contributed by atoms with Crippen LogP contribution in [0.3, 0.4) is 0 Å². The van der Waals surface area contributed by atoms with Gasteiger partial charge in [0.25, 0.3) is 0 Å². The number of aromatic carboxylic acids is 1. The van der Waals surface area contributed by atoms with Gasteiger partial charge in [-0.15, -0.1) is 0 Å². The highest BCUT2D eigenvalue weighted by molar-refractivity contribution is 6.31. The molecule has 0 fully saturated rings. The number of carbonyl (C=O) groups is 1. The molecule has 0 atom stereocenters. The van der Waals surface area contributed by atoms with Crippen LogP contribution in [0.15, 0.2) is 48.8 Å². The minimum absolute atomic E-state index is 0.0520. The van der Waals surface area contributed by atoms with Crippen LogP contribution in [-0.2, 0) is 12.8 Å². The topological polar surface area (TPSA) is 86.9 Å². The Labute approximate surface area is 231 Å². The zero-order chi connectivity index (χ0) is 28.9. The Hall–Kier alpha value is -4.00. The maximum absolute atomic E-state index is 13.6. The lowest BCUT2D eigenvalue weighted by Gasteiger charge is -2.07. The van der Waals surface area contributed by atoms with Crippen LogP contribution in [-0.4, -0.2) is 21.0 Å². The highest BCUT2D eigenvalue weighted by atomic mass is 35.5. The number of pyridine rings is 2. The van der Waals surface area contributed by atoms with Crippen molar-refractivity contribution in [2.75, 3.05) is 0 Å². The van der Waals surface area contributed by atoms with Crippen LogP contribution in [0, 0.1) is 48.4 Å². The van der Waals surface area contributed by atoms with Crippen LogP contribution < -0.4 is 0 Å². The Morgan fingerprint density at radius 1 is 0.795 bits per heavy atom. The highest BCUT2D eigenvalue weighted by Gasteiger charge is 2.13.